The number of nitrogens with zero attached hydrogens (tertiary/aromatic N) is 1. The molecule has 0 spiro atoms. The molecule has 1 aliphatic heterocycles. The largest absolute Gasteiger partial charge is 0.481 e. The minimum atomic E-state index is -0.612. The number of amides is 1. The van der Waals surface area contributed by atoms with E-state index in [1.807, 2.05) is 30.0 Å². The summed E-state index contributed by atoms with van der Waals surface area (Å²) in [6.07, 6.45) is 1.01. The zero-order valence-electron chi connectivity index (χ0n) is 12.4. The summed E-state index contributed by atoms with van der Waals surface area (Å²) in [5, 5.41) is 9.82. The van der Waals surface area contributed by atoms with Gasteiger partial charge in [0.05, 0.1) is 6.10 Å². The van der Waals surface area contributed by atoms with E-state index in [-0.39, 0.29) is 5.91 Å². The van der Waals surface area contributed by atoms with Crippen molar-refractivity contribution in [1.82, 2.24) is 4.90 Å². The SMILES string of the molecule is Cc1ccc(OC(C)C(=O)N2CCCC2)c([C@@H](C)O)c1. The van der Waals surface area contributed by atoms with Crippen LogP contribution in [0, 0.1) is 6.92 Å². The van der Waals surface area contributed by atoms with Crippen LogP contribution in [0.5, 0.6) is 5.75 Å². The van der Waals surface area contributed by atoms with Crippen molar-refractivity contribution in [2.75, 3.05) is 13.1 Å². The molecule has 0 saturated carbocycles. The average Bonchev–Trinajstić information content (AvgIpc) is 2.93. The van der Waals surface area contributed by atoms with Gasteiger partial charge in [0.15, 0.2) is 6.10 Å². The lowest BCUT2D eigenvalue weighted by atomic mass is 10.1. The van der Waals surface area contributed by atoms with Crippen LogP contribution in [0.1, 0.15) is 43.9 Å². The molecule has 1 N–H and O–H groups in total. The van der Waals surface area contributed by atoms with E-state index in [4.69, 9.17) is 4.74 Å². The molecule has 4 nitrogen and oxygen atoms in total. The van der Waals surface area contributed by atoms with Crippen molar-refractivity contribution in [1.29, 1.82) is 0 Å². The fraction of sp³-hybridized carbons (Fsp3) is 0.562. The van der Waals surface area contributed by atoms with Gasteiger partial charge in [0.2, 0.25) is 0 Å². The van der Waals surface area contributed by atoms with E-state index >= 15 is 0 Å². The first kappa shape index (κ1) is 14.9. The molecule has 1 amide bonds. The van der Waals surface area contributed by atoms with E-state index < -0.39 is 12.2 Å². The maximum atomic E-state index is 12.2. The summed E-state index contributed by atoms with van der Waals surface area (Å²) in [6, 6.07) is 5.65. The Morgan fingerprint density at radius 1 is 1.30 bits per heavy atom. The van der Waals surface area contributed by atoms with Crippen LogP contribution in [-0.4, -0.2) is 35.1 Å². The predicted molar refractivity (Wildman–Crippen MR) is 77.7 cm³/mol. The number of ether oxygens (including phenoxy) is 1. The lowest BCUT2D eigenvalue weighted by Gasteiger charge is -2.23. The van der Waals surface area contributed by atoms with E-state index in [1.165, 1.54) is 0 Å². The fourth-order valence-corrected chi connectivity index (χ4v) is 2.54. The summed E-state index contributed by atoms with van der Waals surface area (Å²) < 4.78 is 5.78. The van der Waals surface area contributed by atoms with Crippen LogP contribution in [0.4, 0.5) is 0 Å². The molecular formula is C16H23NO3. The Balaban J connectivity index is 2.10. The molecule has 1 aromatic rings. The highest BCUT2D eigenvalue weighted by Gasteiger charge is 2.25. The Bertz CT molecular complexity index is 479. The number of carbonyl (C=O) groups excluding carboxylic acids is 1. The number of rotatable bonds is 4. The number of hydrogen-bond donors (Lipinski definition) is 1. The van der Waals surface area contributed by atoms with Crippen LogP contribution in [0.3, 0.4) is 0 Å². The van der Waals surface area contributed by atoms with Gasteiger partial charge < -0.3 is 14.7 Å². The van der Waals surface area contributed by atoms with Crippen molar-refractivity contribution >= 4 is 5.91 Å². The minimum absolute atomic E-state index is 0.0274. The Morgan fingerprint density at radius 2 is 1.95 bits per heavy atom. The summed E-state index contributed by atoms with van der Waals surface area (Å²) in [6.45, 7) is 7.09. The zero-order chi connectivity index (χ0) is 14.7. The molecule has 1 aromatic carbocycles. The van der Waals surface area contributed by atoms with Gasteiger partial charge in [0, 0.05) is 18.7 Å². The van der Waals surface area contributed by atoms with Crippen LogP contribution < -0.4 is 4.74 Å². The molecule has 0 aromatic heterocycles. The van der Waals surface area contributed by atoms with Gasteiger partial charge in [-0.15, -0.1) is 0 Å². The molecule has 0 aliphatic carbocycles. The van der Waals surface area contributed by atoms with Crippen LogP contribution in [0.15, 0.2) is 18.2 Å². The lowest BCUT2D eigenvalue weighted by Crippen LogP contribution is -2.38. The van der Waals surface area contributed by atoms with Gasteiger partial charge in [-0.1, -0.05) is 11.6 Å². The van der Waals surface area contributed by atoms with Gasteiger partial charge in [-0.05, 0) is 45.7 Å². The Hall–Kier alpha value is -1.55. The summed E-state index contributed by atoms with van der Waals surface area (Å²) in [5.74, 6) is 0.616. The molecule has 110 valence electrons. The smallest absolute Gasteiger partial charge is 0.263 e. The van der Waals surface area contributed by atoms with E-state index in [0.29, 0.717) is 5.75 Å². The molecule has 1 unspecified atom stereocenters. The molecule has 1 heterocycles. The Morgan fingerprint density at radius 3 is 2.55 bits per heavy atom. The van der Waals surface area contributed by atoms with E-state index in [0.717, 1.165) is 37.1 Å². The molecule has 20 heavy (non-hydrogen) atoms. The van der Waals surface area contributed by atoms with E-state index in [1.54, 1.807) is 13.8 Å². The van der Waals surface area contributed by atoms with Crippen LogP contribution in [0.25, 0.3) is 0 Å². The number of aryl methyl sites for hydroxylation is 1. The van der Waals surface area contributed by atoms with Gasteiger partial charge in [-0.3, -0.25) is 4.79 Å². The van der Waals surface area contributed by atoms with Crippen molar-refractivity contribution in [2.24, 2.45) is 0 Å². The van der Waals surface area contributed by atoms with Crippen molar-refractivity contribution in [3.05, 3.63) is 29.3 Å². The monoisotopic (exact) mass is 277 g/mol. The molecule has 1 aliphatic rings. The Labute approximate surface area is 120 Å². The van der Waals surface area contributed by atoms with Crippen LogP contribution in [-0.2, 0) is 4.79 Å². The number of aliphatic hydroxyl groups is 1. The first-order valence-corrected chi connectivity index (χ1v) is 7.23. The first-order valence-electron chi connectivity index (χ1n) is 7.23. The third kappa shape index (κ3) is 3.31. The van der Waals surface area contributed by atoms with Crippen LogP contribution >= 0.6 is 0 Å². The molecule has 1 fully saturated rings. The zero-order valence-corrected chi connectivity index (χ0v) is 12.4. The molecule has 4 heteroatoms. The molecule has 0 bridgehead atoms. The summed E-state index contributed by atoms with van der Waals surface area (Å²) in [7, 11) is 0. The quantitative estimate of drug-likeness (QED) is 0.919. The van der Waals surface area contributed by atoms with Gasteiger partial charge >= 0.3 is 0 Å². The predicted octanol–water partition coefficient (Wildman–Crippen LogP) is 2.44. The summed E-state index contributed by atoms with van der Waals surface area (Å²) in [4.78, 5) is 14.1. The normalized spacial score (nSPS) is 17.9. The summed E-state index contributed by atoms with van der Waals surface area (Å²) >= 11 is 0. The van der Waals surface area contributed by atoms with Gasteiger partial charge in [0.1, 0.15) is 5.75 Å². The fourth-order valence-electron chi connectivity index (χ4n) is 2.54. The minimum Gasteiger partial charge on any atom is -0.481 e. The maximum absolute atomic E-state index is 12.2. The van der Waals surface area contributed by atoms with Crippen molar-refractivity contribution in [2.45, 2.75) is 45.8 Å². The number of aliphatic hydroxyl groups excluding tert-OH is 1. The van der Waals surface area contributed by atoms with Gasteiger partial charge in [0.25, 0.3) is 5.91 Å². The highest BCUT2D eigenvalue weighted by Crippen LogP contribution is 2.27. The Kier molecular flexibility index (Phi) is 4.65. The average molecular weight is 277 g/mol. The van der Waals surface area contributed by atoms with Crippen LogP contribution in [0.2, 0.25) is 0 Å². The second kappa shape index (κ2) is 6.27. The van der Waals surface area contributed by atoms with Crippen molar-refractivity contribution in [3.8, 4) is 5.75 Å². The molecule has 2 atom stereocenters. The maximum Gasteiger partial charge on any atom is 0.263 e. The van der Waals surface area contributed by atoms with Gasteiger partial charge in [-0.25, -0.2) is 0 Å². The first-order chi connectivity index (χ1) is 9.49. The van der Waals surface area contributed by atoms with E-state index in [2.05, 4.69) is 0 Å². The number of hydrogen-bond acceptors (Lipinski definition) is 3. The standard InChI is InChI=1S/C16H23NO3/c1-11-6-7-15(14(10-11)12(2)18)20-13(3)16(19)17-8-4-5-9-17/h6-7,10,12-13,18H,4-5,8-9H2,1-3H3/t12-,13?/m1/s1. The second-order valence-corrected chi connectivity index (χ2v) is 5.51. The molecule has 2 rings (SSSR count). The molecule has 0 radical (unpaired) electrons. The lowest BCUT2D eigenvalue weighted by molar-refractivity contribution is -0.136. The molecule has 1 saturated heterocycles. The number of benzene rings is 1. The van der Waals surface area contributed by atoms with Crippen molar-refractivity contribution in [3.63, 3.8) is 0 Å². The highest BCUT2D eigenvalue weighted by molar-refractivity contribution is 5.81. The van der Waals surface area contributed by atoms with Gasteiger partial charge in [-0.2, -0.15) is 0 Å². The molecular weight excluding hydrogens is 254 g/mol. The second-order valence-electron chi connectivity index (χ2n) is 5.51. The third-order valence-corrected chi connectivity index (χ3v) is 3.68. The topological polar surface area (TPSA) is 49.8 Å². The highest BCUT2D eigenvalue weighted by atomic mass is 16.5. The van der Waals surface area contributed by atoms with E-state index in [9.17, 15) is 9.90 Å². The van der Waals surface area contributed by atoms with Crippen molar-refractivity contribution < 1.29 is 14.6 Å². The number of likely N-dealkylation sites (tertiary alicyclic amines) is 1. The third-order valence-electron chi connectivity index (χ3n) is 3.68. The number of carbonyl (C=O) groups is 1. The summed E-state index contributed by atoms with van der Waals surface area (Å²) in [5.41, 5.74) is 1.79.